The lowest BCUT2D eigenvalue weighted by molar-refractivity contribution is -0.164. The first-order valence-electron chi connectivity index (χ1n) is 5.10. The van der Waals surface area contributed by atoms with Crippen LogP contribution in [0.1, 0.15) is 18.4 Å². The molecular weight excluding hydrogens is 192 g/mol. The zero-order chi connectivity index (χ0) is 10.8. The second kappa shape index (κ2) is 4.03. The molecule has 2 rings (SSSR count). The molecule has 0 bridgehead atoms. The van der Waals surface area contributed by atoms with Gasteiger partial charge in [0.2, 0.25) is 0 Å². The number of carbonyl (C=O) groups is 1. The second-order valence-electron chi connectivity index (χ2n) is 3.99. The number of aliphatic hydroxyl groups excluding tert-OH is 1. The maximum absolute atomic E-state index is 11.3. The topological polar surface area (TPSA) is 46.5 Å². The van der Waals surface area contributed by atoms with Gasteiger partial charge in [0, 0.05) is 11.8 Å². The Hall–Kier alpha value is -1.35. The smallest absolute Gasteiger partial charge is 0.335 e. The Labute approximate surface area is 88.7 Å². The molecule has 0 spiro atoms. The number of ether oxygens (including phenoxy) is 1. The van der Waals surface area contributed by atoms with E-state index in [1.807, 2.05) is 37.3 Å². The molecule has 0 unspecified atom stereocenters. The summed E-state index contributed by atoms with van der Waals surface area (Å²) in [5.41, 5.74) is 0.995. The SMILES string of the molecule is C[C@@H]1COC(=O)[C@@H](O)[C@H]1c1ccccc1. The first-order valence-corrected chi connectivity index (χ1v) is 5.10. The maximum atomic E-state index is 11.3. The third-order valence-corrected chi connectivity index (χ3v) is 2.87. The highest BCUT2D eigenvalue weighted by atomic mass is 16.5. The summed E-state index contributed by atoms with van der Waals surface area (Å²) in [6, 6.07) is 9.61. The molecule has 0 aromatic heterocycles. The fourth-order valence-electron chi connectivity index (χ4n) is 2.05. The Morgan fingerprint density at radius 2 is 2.00 bits per heavy atom. The number of rotatable bonds is 1. The monoisotopic (exact) mass is 206 g/mol. The summed E-state index contributed by atoms with van der Waals surface area (Å²) in [4.78, 5) is 11.3. The summed E-state index contributed by atoms with van der Waals surface area (Å²) in [6.45, 7) is 2.36. The van der Waals surface area contributed by atoms with E-state index in [-0.39, 0.29) is 11.8 Å². The summed E-state index contributed by atoms with van der Waals surface area (Å²) >= 11 is 0. The Kier molecular flexibility index (Phi) is 2.73. The number of hydrogen-bond acceptors (Lipinski definition) is 3. The summed E-state index contributed by atoms with van der Waals surface area (Å²) in [5, 5.41) is 9.79. The molecular formula is C12H14O3. The predicted octanol–water partition coefficient (Wildman–Crippen LogP) is 1.32. The minimum atomic E-state index is -1.03. The maximum Gasteiger partial charge on any atom is 0.335 e. The van der Waals surface area contributed by atoms with Crippen molar-refractivity contribution in [2.45, 2.75) is 18.9 Å². The van der Waals surface area contributed by atoms with Crippen molar-refractivity contribution in [2.24, 2.45) is 5.92 Å². The molecule has 3 nitrogen and oxygen atoms in total. The molecule has 0 saturated carbocycles. The van der Waals surface area contributed by atoms with Crippen molar-refractivity contribution >= 4 is 5.97 Å². The van der Waals surface area contributed by atoms with Crippen LogP contribution in [-0.4, -0.2) is 23.8 Å². The molecule has 0 aliphatic carbocycles. The van der Waals surface area contributed by atoms with Crippen molar-refractivity contribution in [2.75, 3.05) is 6.61 Å². The quantitative estimate of drug-likeness (QED) is 0.705. The van der Waals surface area contributed by atoms with E-state index in [1.165, 1.54) is 0 Å². The third-order valence-electron chi connectivity index (χ3n) is 2.87. The molecule has 1 aromatic rings. The Bertz CT molecular complexity index is 347. The number of esters is 1. The lowest BCUT2D eigenvalue weighted by Gasteiger charge is -2.32. The van der Waals surface area contributed by atoms with Gasteiger partial charge in [0.05, 0.1) is 6.61 Å². The first-order chi connectivity index (χ1) is 7.20. The van der Waals surface area contributed by atoms with E-state index in [2.05, 4.69) is 0 Å². The van der Waals surface area contributed by atoms with E-state index in [0.717, 1.165) is 5.56 Å². The fraction of sp³-hybridized carbons (Fsp3) is 0.417. The normalized spacial score (nSPS) is 31.1. The van der Waals surface area contributed by atoms with E-state index in [9.17, 15) is 9.90 Å². The van der Waals surface area contributed by atoms with E-state index in [0.29, 0.717) is 6.61 Å². The summed E-state index contributed by atoms with van der Waals surface area (Å²) in [5.74, 6) is -0.505. The van der Waals surface area contributed by atoms with Crippen LogP contribution in [0.5, 0.6) is 0 Å². The average molecular weight is 206 g/mol. The van der Waals surface area contributed by atoms with Gasteiger partial charge in [0.25, 0.3) is 0 Å². The summed E-state index contributed by atoms with van der Waals surface area (Å²) in [6.07, 6.45) is -1.03. The molecule has 1 aliphatic heterocycles. The van der Waals surface area contributed by atoms with Gasteiger partial charge in [0.1, 0.15) is 0 Å². The van der Waals surface area contributed by atoms with Gasteiger partial charge in [-0.2, -0.15) is 0 Å². The molecule has 1 heterocycles. The van der Waals surface area contributed by atoms with Crippen LogP contribution in [0.4, 0.5) is 0 Å². The van der Waals surface area contributed by atoms with Crippen LogP contribution in [0.2, 0.25) is 0 Å². The molecule has 1 fully saturated rings. The number of aliphatic hydroxyl groups is 1. The van der Waals surface area contributed by atoms with Gasteiger partial charge >= 0.3 is 5.97 Å². The van der Waals surface area contributed by atoms with Crippen LogP contribution in [-0.2, 0) is 9.53 Å². The van der Waals surface area contributed by atoms with E-state index in [4.69, 9.17) is 4.74 Å². The number of benzene rings is 1. The van der Waals surface area contributed by atoms with Gasteiger partial charge < -0.3 is 9.84 Å². The lowest BCUT2D eigenvalue weighted by Crippen LogP contribution is -2.40. The van der Waals surface area contributed by atoms with Crippen molar-refractivity contribution in [1.29, 1.82) is 0 Å². The summed E-state index contributed by atoms with van der Waals surface area (Å²) in [7, 11) is 0. The highest BCUT2D eigenvalue weighted by Crippen LogP contribution is 2.32. The van der Waals surface area contributed by atoms with Crippen molar-refractivity contribution < 1.29 is 14.6 Å². The molecule has 1 aliphatic rings. The second-order valence-corrected chi connectivity index (χ2v) is 3.99. The number of carbonyl (C=O) groups excluding carboxylic acids is 1. The highest BCUT2D eigenvalue weighted by molar-refractivity contribution is 5.76. The van der Waals surface area contributed by atoms with Crippen LogP contribution in [0.15, 0.2) is 30.3 Å². The molecule has 1 N–H and O–H groups in total. The van der Waals surface area contributed by atoms with E-state index >= 15 is 0 Å². The molecule has 3 atom stereocenters. The van der Waals surface area contributed by atoms with Gasteiger partial charge in [-0.1, -0.05) is 37.3 Å². The van der Waals surface area contributed by atoms with Gasteiger partial charge in [-0.3, -0.25) is 0 Å². The number of cyclic esters (lactones) is 1. The largest absolute Gasteiger partial charge is 0.463 e. The van der Waals surface area contributed by atoms with Crippen LogP contribution in [0.3, 0.4) is 0 Å². The predicted molar refractivity (Wildman–Crippen MR) is 55.3 cm³/mol. The molecule has 3 heteroatoms. The minimum absolute atomic E-state index is 0.146. The Morgan fingerprint density at radius 1 is 1.33 bits per heavy atom. The van der Waals surface area contributed by atoms with E-state index in [1.54, 1.807) is 0 Å². The van der Waals surface area contributed by atoms with Gasteiger partial charge in [0.15, 0.2) is 6.10 Å². The van der Waals surface area contributed by atoms with Crippen molar-refractivity contribution in [3.63, 3.8) is 0 Å². The van der Waals surface area contributed by atoms with Crippen molar-refractivity contribution in [3.05, 3.63) is 35.9 Å². The molecule has 1 aromatic carbocycles. The van der Waals surface area contributed by atoms with Gasteiger partial charge in [-0.15, -0.1) is 0 Å². The fourth-order valence-corrected chi connectivity index (χ4v) is 2.05. The standard InChI is InChI=1S/C12H14O3/c1-8-7-15-12(14)11(13)10(8)9-5-3-2-4-6-9/h2-6,8,10-11,13H,7H2,1H3/t8-,10-,11+/m1/s1. The number of hydrogen-bond donors (Lipinski definition) is 1. The van der Waals surface area contributed by atoms with Gasteiger partial charge in [-0.25, -0.2) is 4.79 Å². The zero-order valence-electron chi connectivity index (χ0n) is 8.59. The molecule has 80 valence electrons. The van der Waals surface area contributed by atoms with Crippen LogP contribution in [0.25, 0.3) is 0 Å². The van der Waals surface area contributed by atoms with E-state index < -0.39 is 12.1 Å². The molecule has 0 amide bonds. The minimum Gasteiger partial charge on any atom is -0.463 e. The highest BCUT2D eigenvalue weighted by Gasteiger charge is 2.37. The van der Waals surface area contributed by atoms with Crippen LogP contribution in [0, 0.1) is 5.92 Å². The Balaban J connectivity index is 2.29. The first kappa shape index (κ1) is 10.2. The zero-order valence-corrected chi connectivity index (χ0v) is 8.59. The van der Waals surface area contributed by atoms with Gasteiger partial charge in [-0.05, 0) is 5.56 Å². The average Bonchev–Trinajstić information content (AvgIpc) is 2.26. The van der Waals surface area contributed by atoms with Crippen molar-refractivity contribution in [1.82, 2.24) is 0 Å². The Morgan fingerprint density at radius 3 is 2.67 bits per heavy atom. The van der Waals surface area contributed by atoms with Crippen molar-refractivity contribution in [3.8, 4) is 0 Å². The molecule has 15 heavy (non-hydrogen) atoms. The molecule has 0 radical (unpaired) electrons. The molecule has 1 saturated heterocycles. The lowest BCUT2D eigenvalue weighted by atomic mass is 9.82. The van der Waals surface area contributed by atoms with Crippen LogP contribution >= 0.6 is 0 Å². The third kappa shape index (κ3) is 1.88. The summed E-state index contributed by atoms with van der Waals surface area (Å²) < 4.78 is 4.87. The van der Waals surface area contributed by atoms with Crippen LogP contribution < -0.4 is 0 Å².